The van der Waals surface area contributed by atoms with Crippen LogP contribution in [0.2, 0.25) is 0 Å². The maximum Gasteiger partial charge on any atom is 0.257 e. The Bertz CT molecular complexity index is 921. The molecule has 0 atom stereocenters. The molecular formula is C21H24N4O3. The summed E-state index contributed by atoms with van der Waals surface area (Å²) in [5, 5.41) is 7.46. The van der Waals surface area contributed by atoms with Gasteiger partial charge in [0.05, 0.1) is 12.8 Å². The summed E-state index contributed by atoms with van der Waals surface area (Å²) in [4.78, 5) is 16.4. The Morgan fingerprint density at radius 3 is 2.54 bits per heavy atom. The lowest BCUT2D eigenvalue weighted by Crippen LogP contribution is -2.30. The summed E-state index contributed by atoms with van der Waals surface area (Å²) < 4.78 is 12.4. The van der Waals surface area contributed by atoms with Crippen LogP contribution < -0.4 is 14.8 Å². The number of carbonyl (C=O) groups is 1. The SMILES string of the molecule is COc1ccc(OCC(=O)NCCc2c(C)nn(-c3ccccn3)c2C)cc1. The fourth-order valence-corrected chi connectivity index (χ4v) is 2.94. The number of amides is 1. The second-order valence-corrected chi connectivity index (χ2v) is 6.31. The van der Waals surface area contributed by atoms with Crippen LogP contribution in [-0.4, -0.2) is 40.9 Å². The molecule has 146 valence electrons. The summed E-state index contributed by atoms with van der Waals surface area (Å²) in [5.41, 5.74) is 3.08. The van der Waals surface area contributed by atoms with E-state index in [9.17, 15) is 4.79 Å². The Morgan fingerprint density at radius 1 is 1.11 bits per heavy atom. The van der Waals surface area contributed by atoms with Crippen molar-refractivity contribution in [2.24, 2.45) is 0 Å². The fourth-order valence-electron chi connectivity index (χ4n) is 2.94. The van der Waals surface area contributed by atoms with Crippen LogP contribution in [0, 0.1) is 13.8 Å². The number of hydrogen-bond acceptors (Lipinski definition) is 5. The van der Waals surface area contributed by atoms with Gasteiger partial charge in [-0.25, -0.2) is 9.67 Å². The highest BCUT2D eigenvalue weighted by Gasteiger charge is 2.13. The molecule has 3 aromatic rings. The second kappa shape index (κ2) is 9.03. The van der Waals surface area contributed by atoms with Gasteiger partial charge in [0.15, 0.2) is 12.4 Å². The summed E-state index contributed by atoms with van der Waals surface area (Å²) >= 11 is 0. The lowest BCUT2D eigenvalue weighted by Gasteiger charge is -2.08. The first kappa shape index (κ1) is 19.4. The van der Waals surface area contributed by atoms with Crippen LogP contribution in [0.25, 0.3) is 5.82 Å². The maximum atomic E-state index is 12.0. The minimum atomic E-state index is -0.164. The molecule has 1 aromatic carbocycles. The summed E-state index contributed by atoms with van der Waals surface area (Å²) in [6, 6.07) is 12.8. The number of aromatic nitrogens is 3. The Kier molecular flexibility index (Phi) is 6.26. The standard InChI is InChI=1S/C21H24N4O3/c1-15-19(16(2)25(24-15)20-6-4-5-12-22-20)11-13-23-21(26)14-28-18-9-7-17(27-3)8-10-18/h4-10,12H,11,13-14H2,1-3H3,(H,23,26). The molecule has 2 aromatic heterocycles. The molecule has 0 radical (unpaired) electrons. The largest absolute Gasteiger partial charge is 0.497 e. The highest BCUT2D eigenvalue weighted by molar-refractivity contribution is 5.77. The number of rotatable bonds is 8. The predicted molar refractivity (Wildman–Crippen MR) is 106 cm³/mol. The highest BCUT2D eigenvalue weighted by atomic mass is 16.5. The summed E-state index contributed by atoms with van der Waals surface area (Å²) in [5.74, 6) is 1.99. The van der Waals surface area contributed by atoms with Crippen molar-refractivity contribution in [2.75, 3.05) is 20.3 Å². The number of nitrogens with zero attached hydrogens (tertiary/aromatic N) is 3. The molecular weight excluding hydrogens is 356 g/mol. The Hall–Kier alpha value is -3.35. The number of pyridine rings is 1. The first-order valence-electron chi connectivity index (χ1n) is 9.08. The van der Waals surface area contributed by atoms with E-state index in [0.717, 1.165) is 28.5 Å². The van der Waals surface area contributed by atoms with Gasteiger partial charge in [0.25, 0.3) is 5.91 Å². The minimum Gasteiger partial charge on any atom is -0.497 e. The van der Waals surface area contributed by atoms with Crippen molar-refractivity contribution in [3.63, 3.8) is 0 Å². The lowest BCUT2D eigenvalue weighted by atomic mass is 10.1. The fraction of sp³-hybridized carbons (Fsp3) is 0.286. The van der Waals surface area contributed by atoms with Gasteiger partial charge in [-0.05, 0) is 62.2 Å². The van der Waals surface area contributed by atoms with Crippen LogP contribution >= 0.6 is 0 Å². The van der Waals surface area contributed by atoms with Crippen molar-refractivity contribution < 1.29 is 14.3 Å². The summed E-state index contributed by atoms with van der Waals surface area (Å²) in [6.07, 6.45) is 2.44. The van der Waals surface area contributed by atoms with Gasteiger partial charge in [0.2, 0.25) is 0 Å². The van der Waals surface area contributed by atoms with Crippen molar-refractivity contribution in [3.8, 4) is 17.3 Å². The topological polar surface area (TPSA) is 78.3 Å². The monoisotopic (exact) mass is 380 g/mol. The third kappa shape index (κ3) is 4.68. The minimum absolute atomic E-state index is 0.0303. The van der Waals surface area contributed by atoms with E-state index in [0.29, 0.717) is 18.7 Å². The zero-order valence-electron chi connectivity index (χ0n) is 16.3. The van der Waals surface area contributed by atoms with Crippen molar-refractivity contribution in [3.05, 3.63) is 65.6 Å². The molecule has 28 heavy (non-hydrogen) atoms. The van der Waals surface area contributed by atoms with Gasteiger partial charge in [-0.1, -0.05) is 6.07 Å². The molecule has 1 N–H and O–H groups in total. The van der Waals surface area contributed by atoms with Gasteiger partial charge < -0.3 is 14.8 Å². The molecule has 3 rings (SSSR count). The van der Waals surface area contributed by atoms with E-state index in [1.54, 1.807) is 37.6 Å². The molecule has 7 heteroatoms. The Balaban J connectivity index is 1.50. The quantitative estimate of drug-likeness (QED) is 0.650. The van der Waals surface area contributed by atoms with E-state index in [1.165, 1.54) is 0 Å². The molecule has 1 amide bonds. The number of ether oxygens (including phenoxy) is 2. The van der Waals surface area contributed by atoms with Crippen LogP contribution in [0.3, 0.4) is 0 Å². The highest BCUT2D eigenvalue weighted by Crippen LogP contribution is 2.18. The molecule has 0 spiro atoms. The molecule has 0 saturated carbocycles. The van der Waals surface area contributed by atoms with Crippen molar-refractivity contribution >= 4 is 5.91 Å². The molecule has 0 saturated heterocycles. The molecule has 0 aliphatic rings. The molecule has 0 aliphatic heterocycles. The van der Waals surface area contributed by atoms with E-state index in [-0.39, 0.29) is 12.5 Å². The smallest absolute Gasteiger partial charge is 0.257 e. The molecule has 7 nitrogen and oxygen atoms in total. The average Bonchev–Trinajstić information content (AvgIpc) is 3.01. The van der Waals surface area contributed by atoms with Gasteiger partial charge >= 0.3 is 0 Å². The average molecular weight is 380 g/mol. The normalized spacial score (nSPS) is 10.5. The van der Waals surface area contributed by atoms with Gasteiger partial charge in [-0.15, -0.1) is 0 Å². The van der Waals surface area contributed by atoms with E-state index < -0.39 is 0 Å². The van der Waals surface area contributed by atoms with Crippen molar-refractivity contribution in [1.82, 2.24) is 20.1 Å². The van der Waals surface area contributed by atoms with E-state index in [2.05, 4.69) is 15.4 Å². The molecule has 0 fully saturated rings. The maximum absolute atomic E-state index is 12.0. The second-order valence-electron chi connectivity index (χ2n) is 6.31. The summed E-state index contributed by atoms with van der Waals surface area (Å²) in [6.45, 7) is 4.47. The number of aryl methyl sites for hydroxylation is 1. The number of benzene rings is 1. The molecule has 0 bridgehead atoms. The first-order valence-corrected chi connectivity index (χ1v) is 9.08. The Labute approximate surface area is 164 Å². The van der Waals surface area contributed by atoms with Crippen molar-refractivity contribution in [2.45, 2.75) is 20.3 Å². The lowest BCUT2D eigenvalue weighted by molar-refractivity contribution is -0.123. The van der Waals surface area contributed by atoms with Crippen molar-refractivity contribution in [1.29, 1.82) is 0 Å². The number of nitrogens with one attached hydrogen (secondary N) is 1. The van der Waals surface area contributed by atoms with Crippen LogP contribution in [0.4, 0.5) is 0 Å². The molecule has 0 unspecified atom stereocenters. The van der Waals surface area contributed by atoms with Crippen LogP contribution in [-0.2, 0) is 11.2 Å². The zero-order valence-corrected chi connectivity index (χ0v) is 16.3. The zero-order chi connectivity index (χ0) is 19.9. The van der Waals surface area contributed by atoms with Crippen LogP contribution in [0.15, 0.2) is 48.7 Å². The van der Waals surface area contributed by atoms with Gasteiger partial charge in [0, 0.05) is 18.4 Å². The van der Waals surface area contributed by atoms with E-state index in [1.807, 2.05) is 36.7 Å². The third-order valence-electron chi connectivity index (χ3n) is 4.43. The summed E-state index contributed by atoms with van der Waals surface area (Å²) in [7, 11) is 1.60. The number of carbonyl (C=O) groups excluding carboxylic acids is 1. The van der Waals surface area contributed by atoms with Gasteiger partial charge in [-0.3, -0.25) is 4.79 Å². The molecule has 2 heterocycles. The van der Waals surface area contributed by atoms with Gasteiger partial charge in [-0.2, -0.15) is 5.10 Å². The molecule has 0 aliphatic carbocycles. The van der Waals surface area contributed by atoms with Gasteiger partial charge in [0.1, 0.15) is 11.5 Å². The predicted octanol–water partition coefficient (Wildman–Crippen LogP) is 2.63. The Morgan fingerprint density at radius 2 is 1.86 bits per heavy atom. The van der Waals surface area contributed by atoms with E-state index >= 15 is 0 Å². The van der Waals surface area contributed by atoms with Crippen LogP contribution in [0.5, 0.6) is 11.5 Å². The van der Waals surface area contributed by atoms with E-state index in [4.69, 9.17) is 9.47 Å². The number of methoxy groups -OCH3 is 1. The number of hydrogen-bond donors (Lipinski definition) is 1. The van der Waals surface area contributed by atoms with Crippen LogP contribution in [0.1, 0.15) is 17.0 Å². The third-order valence-corrected chi connectivity index (χ3v) is 4.43. The first-order chi connectivity index (χ1) is 13.6.